The summed E-state index contributed by atoms with van der Waals surface area (Å²) in [5.41, 5.74) is 1.75. The molecule has 0 aliphatic carbocycles. The zero-order valence-electron chi connectivity index (χ0n) is 15.4. The molecule has 1 saturated heterocycles. The minimum atomic E-state index is -3.46. The van der Waals surface area contributed by atoms with Gasteiger partial charge in [-0.25, -0.2) is 8.42 Å². The average Bonchev–Trinajstić information content (AvgIpc) is 3.05. The summed E-state index contributed by atoms with van der Waals surface area (Å²) in [6.45, 7) is 7.69. The zero-order chi connectivity index (χ0) is 18.6. The van der Waals surface area contributed by atoms with Crippen LogP contribution >= 0.6 is 0 Å². The molecule has 140 valence electrons. The van der Waals surface area contributed by atoms with Crippen molar-refractivity contribution >= 4 is 16.1 Å². The van der Waals surface area contributed by atoms with Crippen LogP contribution in [-0.4, -0.2) is 60.1 Å². The van der Waals surface area contributed by atoms with Gasteiger partial charge in [0.05, 0.1) is 5.69 Å². The van der Waals surface area contributed by atoms with E-state index in [2.05, 4.69) is 34.3 Å². The molecule has 0 saturated carbocycles. The Morgan fingerprint density at radius 3 is 2.42 bits per heavy atom. The van der Waals surface area contributed by atoms with Crippen LogP contribution in [0.4, 0.5) is 0 Å². The number of sulfonamides is 1. The highest BCUT2D eigenvalue weighted by atomic mass is 32.2. The van der Waals surface area contributed by atoms with E-state index < -0.39 is 10.0 Å². The summed E-state index contributed by atoms with van der Waals surface area (Å²) in [6.07, 6.45) is 5.88. The predicted octanol–water partition coefficient (Wildman–Crippen LogP) is 2.23. The number of hydrogen-bond acceptors (Lipinski definition) is 4. The lowest BCUT2D eigenvalue weighted by molar-refractivity contribution is 0.204. The van der Waals surface area contributed by atoms with Crippen molar-refractivity contribution in [2.24, 2.45) is 0 Å². The van der Waals surface area contributed by atoms with Crippen molar-refractivity contribution in [1.82, 2.24) is 19.0 Å². The van der Waals surface area contributed by atoms with E-state index in [0.717, 1.165) is 19.6 Å². The standard InChI is InChI=1S/C19H26N4O2S/c1-3-22-16-19(17(2)20-22)26(24,25)23-14-12-21(13-15-23)11-7-10-18-8-5-4-6-9-18/h4-10,16H,3,11-15H2,1-2H3/b10-7+. The molecule has 1 aromatic carbocycles. The lowest BCUT2D eigenvalue weighted by Gasteiger charge is -2.33. The second-order valence-corrected chi connectivity index (χ2v) is 8.36. The van der Waals surface area contributed by atoms with Crippen LogP contribution in [0.5, 0.6) is 0 Å². The van der Waals surface area contributed by atoms with E-state index in [0.29, 0.717) is 30.2 Å². The van der Waals surface area contributed by atoms with Crippen LogP contribution in [0.15, 0.2) is 47.5 Å². The number of aromatic nitrogens is 2. The van der Waals surface area contributed by atoms with E-state index in [1.165, 1.54) is 5.56 Å². The maximum atomic E-state index is 12.9. The van der Waals surface area contributed by atoms with Gasteiger partial charge in [0.2, 0.25) is 10.0 Å². The predicted molar refractivity (Wildman–Crippen MR) is 103 cm³/mol. The maximum Gasteiger partial charge on any atom is 0.246 e. The summed E-state index contributed by atoms with van der Waals surface area (Å²) in [7, 11) is -3.46. The fraction of sp³-hybridized carbons (Fsp3) is 0.421. The van der Waals surface area contributed by atoms with E-state index in [4.69, 9.17) is 0 Å². The zero-order valence-corrected chi connectivity index (χ0v) is 16.2. The lowest BCUT2D eigenvalue weighted by atomic mass is 10.2. The van der Waals surface area contributed by atoms with Crippen molar-refractivity contribution in [2.45, 2.75) is 25.3 Å². The van der Waals surface area contributed by atoms with E-state index in [1.54, 1.807) is 22.1 Å². The first-order valence-corrected chi connectivity index (χ1v) is 10.4. The second-order valence-electron chi connectivity index (χ2n) is 6.45. The molecule has 0 bridgehead atoms. The molecule has 26 heavy (non-hydrogen) atoms. The van der Waals surface area contributed by atoms with Gasteiger partial charge in [0, 0.05) is 45.5 Å². The van der Waals surface area contributed by atoms with Crippen LogP contribution in [0.3, 0.4) is 0 Å². The number of benzene rings is 1. The summed E-state index contributed by atoms with van der Waals surface area (Å²) in [5.74, 6) is 0. The van der Waals surface area contributed by atoms with Crippen molar-refractivity contribution in [3.05, 3.63) is 53.9 Å². The van der Waals surface area contributed by atoms with Gasteiger partial charge in [-0.1, -0.05) is 42.5 Å². The molecule has 2 aromatic rings. The normalized spacial score (nSPS) is 17.2. The summed E-state index contributed by atoms with van der Waals surface area (Å²) < 4.78 is 29.0. The Labute approximate surface area is 155 Å². The van der Waals surface area contributed by atoms with Gasteiger partial charge in [-0.2, -0.15) is 9.40 Å². The second kappa shape index (κ2) is 8.16. The molecule has 0 atom stereocenters. The highest BCUT2D eigenvalue weighted by Gasteiger charge is 2.30. The number of rotatable bonds is 6. The largest absolute Gasteiger partial charge is 0.297 e. The van der Waals surface area contributed by atoms with Crippen LogP contribution < -0.4 is 0 Å². The first kappa shape index (κ1) is 18.8. The molecule has 7 heteroatoms. The van der Waals surface area contributed by atoms with Crippen LogP contribution in [0.1, 0.15) is 18.2 Å². The van der Waals surface area contributed by atoms with Crippen molar-refractivity contribution in [3.63, 3.8) is 0 Å². The van der Waals surface area contributed by atoms with Gasteiger partial charge < -0.3 is 0 Å². The number of aryl methyl sites for hydroxylation is 2. The molecule has 1 fully saturated rings. The molecule has 1 aliphatic heterocycles. The third-order valence-electron chi connectivity index (χ3n) is 4.65. The number of nitrogens with zero attached hydrogens (tertiary/aromatic N) is 4. The molecule has 0 radical (unpaired) electrons. The molecular weight excluding hydrogens is 348 g/mol. The van der Waals surface area contributed by atoms with E-state index in [1.807, 2.05) is 25.1 Å². The molecule has 0 amide bonds. The van der Waals surface area contributed by atoms with Crippen LogP contribution in [0, 0.1) is 6.92 Å². The first-order chi connectivity index (χ1) is 12.5. The van der Waals surface area contributed by atoms with Gasteiger partial charge in [0.1, 0.15) is 4.90 Å². The molecule has 6 nitrogen and oxygen atoms in total. The van der Waals surface area contributed by atoms with E-state index in [-0.39, 0.29) is 0 Å². The van der Waals surface area contributed by atoms with Gasteiger partial charge in [0.15, 0.2) is 0 Å². The molecule has 1 aliphatic rings. The van der Waals surface area contributed by atoms with Crippen molar-refractivity contribution in [2.75, 3.05) is 32.7 Å². The van der Waals surface area contributed by atoms with Crippen LogP contribution in [0.2, 0.25) is 0 Å². The van der Waals surface area contributed by atoms with Gasteiger partial charge in [0.25, 0.3) is 0 Å². The average molecular weight is 375 g/mol. The number of hydrogen-bond donors (Lipinski definition) is 0. The molecule has 2 heterocycles. The van der Waals surface area contributed by atoms with E-state index >= 15 is 0 Å². The summed E-state index contributed by atoms with van der Waals surface area (Å²) in [4.78, 5) is 2.60. The van der Waals surface area contributed by atoms with Crippen molar-refractivity contribution < 1.29 is 8.42 Å². The SMILES string of the molecule is CCn1cc(S(=O)(=O)N2CCN(C/C=C/c3ccccc3)CC2)c(C)n1. The number of piperazine rings is 1. The Bertz CT molecular complexity index is 851. The topological polar surface area (TPSA) is 58.4 Å². The van der Waals surface area contributed by atoms with Gasteiger partial charge in [-0.15, -0.1) is 0 Å². The lowest BCUT2D eigenvalue weighted by Crippen LogP contribution is -2.48. The molecule has 0 unspecified atom stereocenters. The molecule has 3 rings (SSSR count). The smallest absolute Gasteiger partial charge is 0.246 e. The Balaban J connectivity index is 1.57. The third-order valence-corrected chi connectivity index (χ3v) is 6.65. The monoisotopic (exact) mass is 374 g/mol. The van der Waals surface area contributed by atoms with Crippen LogP contribution in [0.25, 0.3) is 6.08 Å². The highest BCUT2D eigenvalue weighted by Crippen LogP contribution is 2.20. The molecule has 0 N–H and O–H groups in total. The first-order valence-electron chi connectivity index (χ1n) is 8.99. The Morgan fingerprint density at radius 1 is 1.12 bits per heavy atom. The summed E-state index contributed by atoms with van der Waals surface area (Å²) >= 11 is 0. The van der Waals surface area contributed by atoms with Crippen molar-refractivity contribution in [1.29, 1.82) is 0 Å². The van der Waals surface area contributed by atoms with Gasteiger partial charge >= 0.3 is 0 Å². The third kappa shape index (κ3) is 4.23. The quantitative estimate of drug-likeness (QED) is 0.778. The molecular formula is C19H26N4O2S. The van der Waals surface area contributed by atoms with Gasteiger partial charge in [-0.05, 0) is 19.4 Å². The van der Waals surface area contributed by atoms with Crippen molar-refractivity contribution in [3.8, 4) is 0 Å². The molecule has 0 spiro atoms. The molecule has 1 aromatic heterocycles. The highest BCUT2D eigenvalue weighted by molar-refractivity contribution is 7.89. The maximum absolute atomic E-state index is 12.9. The fourth-order valence-electron chi connectivity index (χ4n) is 3.11. The van der Waals surface area contributed by atoms with Gasteiger partial charge in [-0.3, -0.25) is 9.58 Å². The Kier molecular flexibility index (Phi) is 5.90. The van der Waals surface area contributed by atoms with Crippen LogP contribution in [-0.2, 0) is 16.6 Å². The Hall–Kier alpha value is -1.96. The Morgan fingerprint density at radius 2 is 1.81 bits per heavy atom. The summed E-state index contributed by atoms with van der Waals surface area (Å²) in [6, 6.07) is 10.2. The minimum absolute atomic E-state index is 0.330. The van der Waals surface area contributed by atoms with E-state index in [9.17, 15) is 8.42 Å². The minimum Gasteiger partial charge on any atom is -0.297 e. The summed E-state index contributed by atoms with van der Waals surface area (Å²) in [5, 5.41) is 4.27. The fourth-order valence-corrected chi connectivity index (χ4v) is 4.70.